The maximum absolute atomic E-state index is 12.2. The predicted molar refractivity (Wildman–Crippen MR) is 81.3 cm³/mol. The van der Waals surface area contributed by atoms with Crippen molar-refractivity contribution in [3.8, 4) is 0 Å². The molecule has 0 radical (unpaired) electrons. The summed E-state index contributed by atoms with van der Waals surface area (Å²) < 4.78 is 24.8. The van der Waals surface area contributed by atoms with Crippen LogP contribution in [-0.4, -0.2) is 38.7 Å². The van der Waals surface area contributed by atoms with E-state index < -0.39 is 10.0 Å². The minimum absolute atomic E-state index is 0.0125. The number of rotatable bonds is 5. The average Bonchev–Trinajstić information content (AvgIpc) is 2.46. The van der Waals surface area contributed by atoms with Crippen molar-refractivity contribution in [2.75, 3.05) is 25.1 Å². The fourth-order valence-electron chi connectivity index (χ4n) is 1.88. The molecule has 21 heavy (non-hydrogen) atoms. The molecule has 0 aliphatic rings. The molecule has 0 saturated heterocycles. The average molecular weight is 308 g/mol. The molecular weight excluding hydrogens is 292 g/mol. The Kier molecular flexibility index (Phi) is 4.39. The number of nitrogens with one attached hydrogen (secondary N) is 2. The van der Waals surface area contributed by atoms with Crippen LogP contribution in [0.3, 0.4) is 0 Å². The molecule has 0 saturated carbocycles. The summed E-state index contributed by atoms with van der Waals surface area (Å²) in [5, 5.41) is 3.23. The van der Waals surface area contributed by atoms with Crippen LogP contribution >= 0.6 is 0 Å². The van der Waals surface area contributed by atoms with Crippen molar-refractivity contribution in [3.63, 3.8) is 0 Å². The molecule has 8 heteroatoms. The highest BCUT2D eigenvalue weighted by Crippen LogP contribution is 2.19. The molecular formula is C13H16N4O3S. The lowest BCUT2D eigenvalue weighted by molar-refractivity contribution is 0.0957. The molecule has 0 atom stereocenters. The van der Waals surface area contributed by atoms with Gasteiger partial charge < -0.3 is 11.1 Å². The minimum Gasteiger partial charge on any atom is -0.384 e. The van der Waals surface area contributed by atoms with Crippen LogP contribution in [0.4, 0.5) is 5.82 Å². The lowest BCUT2D eigenvalue weighted by Gasteiger charge is -2.09. The van der Waals surface area contributed by atoms with E-state index in [0.717, 1.165) is 0 Å². The summed E-state index contributed by atoms with van der Waals surface area (Å²) in [4.78, 5) is 16.3. The van der Waals surface area contributed by atoms with Crippen LogP contribution in [-0.2, 0) is 10.0 Å². The topological polar surface area (TPSA) is 114 Å². The summed E-state index contributed by atoms with van der Waals surface area (Å²) in [7, 11) is -2.02. The number of hydrogen-bond acceptors (Lipinski definition) is 5. The fraction of sp³-hybridized carbons (Fsp3) is 0.231. The van der Waals surface area contributed by atoms with E-state index in [1.807, 2.05) is 0 Å². The number of para-hydroxylation sites is 1. The molecule has 0 unspecified atom stereocenters. The maximum atomic E-state index is 12.2. The monoisotopic (exact) mass is 308 g/mol. The third-order valence-electron chi connectivity index (χ3n) is 2.95. The highest BCUT2D eigenvalue weighted by Gasteiger charge is 2.13. The predicted octanol–water partition coefficient (Wildman–Crippen LogP) is 0.0960. The third-order valence-corrected chi connectivity index (χ3v) is 4.31. The number of fused-ring (bicyclic) bond motifs is 1. The Morgan fingerprint density at radius 3 is 2.76 bits per heavy atom. The zero-order valence-corrected chi connectivity index (χ0v) is 12.3. The number of nitrogens with zero attached hydrogens (tertiary/aromatic N) is 1. The SMILES string of the molecule is CNS(=O)(=O)CCNC(=O)c1cc(N)nc2ccccc12. The van der Waals surface area contributed by atoms with Crippen LogP contribution in [0.25, 0.3) is 10.9 Å². The number of hydrogen-bond donors (Lipinski definition) is 3. The van der Waals surface area contributed by atoms with Gasteiger partial charge in [-0.2, -0.15) is 0 Å². The summed E-state index contributed by atoms with van der Waals surface area (Å²) in [6.07, 6.45) is 0. The van der Waals surface area contributed by atoms with Crippen molar-refractivity contribution < 1.29 is 13.2 Å². The molecule has 0 bridgehead atoms. The van der Waals surface area contributed by atoms with Gasteiger partial charge in [0.15, 0.2) is 0 Å². The van der Waals surface area contributed by atoms with Gasteiger partial charge in [0.1, 0.15) is 5.82 Å². The van der Waals surface area contributed by atoms with E-state index in [4.69, 9.17) is 5.73 Å². The number of nitrogens with two attached hydrogens (primary N) is 1. The zero-order chi connectivity index (χ0) is 15.5. The van der Waals surface area contributed by atoms with Gasteiger partial charge in [-0.3, -0.25) is 4.79 Å². The van der Waals surface area contributed by atoms with E-state index >= 15 is 0 Å². The number of amides is 1. The quantitative estimate of drug-likeness (QED) is 0.724. The van der Waals surface area contributed by atoms with Gasteiger partial charge in [-0.1, -0.05) is 18.2 Å². The van der Waals surface area contributed by atoms with Gasteiger partial charge >= 0.3 is 0 Å². The summed E-state index contributed by atoms with van der Waals surface area (Å²) in [6, 6.07) is 8.59. The highest BCUT2D eigenvalue weighted by atomic mass is 32.2. The highest BCUT2D eigenvalue weighted by molar-refractivity contribution is 7.89. The van der Waals surface area contributed by atoms with E-state index in [9.17, 15) is 13.2 Å². The molecule has 112 valence electrons. The molecule has 2 aromatic rings. The van der Waals surface area contributed by atoms with E-state index in [2.05, 4.69) is 15.0 Å². The van der Waals surface area contributed by atoms with Crippen LogP contribution in [0, 0.1) is 0 Å². The van der Waals surface area contributed by atoms with Gasteiger partial charge in [0.25, 0.3) is 5.91 Å². The molecule has 0 aliphatic carbocycles. The first-order valence-electron chi connectivity index (χ1n) is 6.27. The molecule has 1 amide bonds. The minimum atomic E-state index is -3.35. The number of sulfonamides is 1. The van der Waals surface area contributed by atoms with Crippen LogP contribution in [0.2, 0.25) is 0 Å². The number of aromatic nitrogens is 1. The van der Waals surface area contributed by atoms with Gasteiger partial charge in [-0.25, -0.2) is 18.1 Å². The Bertz CT molecular complexity index is 774. The zero-order valence-electron chi connectivity index (χ0n) is 11.5. The molecule has 2 rings (SSSR count). The van der Waals surface area contributed by atoms with Gasteiger partial charge in [-0.15, -0.1) is 0 Å². The Labute approximate surface area is 122 Å². The lowest BCUT2D eigenvalue weighted by atomic mass is 10.1. The van der Waals surface area contributed by atoms with Gasteiger partial charge in [0.2, 0.25) is 10.0 Å². The second-order valence-electron chi connectivity index (χ2n) is 4.39. The van der Waals surface area contributed by atoms with Crippen LogP contribution in [0.5, 0.6) is 0 Å². The number of benzene rings is 1. The molecule has 1 aromatic heterocycles. The van der Waals surface area contributed by atoms with Crippen molar-refractivity contribution in [3.05, 3.63) is 35.9 Å². The van der Waals surface area contributed by atoms with E-state index in [-0.39, 0.29) is 24.0 Å². The molecule has 0 spiro atoms. The normalized spacial score (nSPS) is 11.5. The Morgan fingerprint density at radius 2 is 2.05 bits per heavy atom. The summed E-state index contributed by atoms with van der Waals surface area (Å²) >= 11 is 0. The summed E-state index contributed by atoms with van der Waals surface area (Å²) in [5.41, 5.74) is 6.68. The molecule has 1 aromatic carbocycles. The first-order chi connectivity index (χ1) is 9.93. The van der Waals surface area contributed by atoms with Crippen molar-refractivity contribution >= 4 is 32.7 Å². The van der Waals surface area contributed by atoms with E-state index in [1.54, 1.807) is 24.3 Å². The summed E-state index contributed by atoms with van der Waals surface area (Å²) in [6.45, 7) is 0.0125. The van der Waals surface area contributed by atoms with Gasteiger partial charge in [0.05, 0.1) is 16.8 Å². The smallest absolute Gasteiger partial charge is 0.252 e. The number of carbonyl (C=O) groups is 1. The van der Waals surface area contributed by atoms with Crippen molar-refractivity contribution in [2.45, 2.75) is 0 Å². The third kappa shape index (κ3) is 3.67. The molecule has 0 fully saturated rings. The molecule has 1 heterocycles. The number of pyridine rings is 1. The molecule has 4 N–H and O–H groups in total. The second kappa shape index (κ2) is 6.06. The first-order valence-corrected chi connectivity index (χ1v) is 7.93. The van der Waals surface area contributed by atoms with Crippen LogP contribution < -0.4 is 15.8 Å². The van der Waals surface area contributed by atoms with Crippen LogP contribution in [0.1, 0.15) is 10.4 Å². The maximum Gasteiger partial charge on any atom is 0.252 e. The lowest BCUT2D eigenvalue weighted by Crippen LogP contribution is -2.33. The second-order valence-corrected chi connectivity index (χ2v) is 6.44. The number of nitrogen functional groups attached to an aromatic ring is 1. The van der Waals surface area contributed by atoms with Crippen molar-refractivity contribution in [1.82, 2.24) is 15.0 Å². The van der Waals surface area contributed by atoms with Crippen molar-refractivity contribution in [1.29, 1.82) is 0 Å². The molecule has 7 nitrogen and oxygen atoms in total. The first kappa shape index (κ1) is 15.2. The van der Waals surface area contributed by atoms with E-state index in [1.165, 1.54) is 13.1 Å². The standard InChI is InChI=1S/C13H16N4O3S/c1-15-21(19,20)7-6-16-13(18)10-8-12(14)17-11-5-3-2-4-9(10)11/h2-5,8,15H,6-7H2,1H3,(H2,14,17)(H,16,18). The Balaban J connectivity index is 2.20. The molecule has 0 aliphatic heterocycles. The number of anilines is 1. The van der Waals surface area contributed by atoms with Gasteiger partial charge in [0, 0.05) is 11.9 Å². The number of carbonyl (C=O) groups excluding carboxylic acids is 1. The Hall–Kier alpha value is -2.19. The largest absolute Gasteiger partial charge is 0.384 e. The fourth-order valence-corrected chi connectivity index (χ4v) is 2.45. The Morgan fingerprint density at radius 1 is 1.33 bits per heavy atom. The summed E-state index contributed by atoms with van der Waals surface area (Å²) in [5.74, 6) is -0.332. The van der Waals surface area contributed by atoms with Crippen LogP contribution in [0.15, 0.2) is 30.3 Å². The van der Waals surface area contributed by atoms with Gasteiger partial charge in [-0.05, 0) is 19.2 Å². The van der Waals surface area contributed by atoms with E-state index in [0.29, 0.717) is 16.5 Å². The van der Waals surface area contributed by atoms with Crippen molar-refractivity contribution in [2.24, 2.45) is 0 Å².